The SMILES string of the molecule is CCCn1c(=O)n(CCC(=O)NC2CCCc3c2cnn3C)c2ccccc21. The van der Waals surface area contributed by atoms with E-state index < -0.39 is 0 Å². The molecule has 0 fully saturated rings. The highest BCUT2D eigenvalue weighted by Gasteiger charge is 2.24. The molecule has 2 heterocycles. The van der Waals surface area contributed by atoms with Gasteiger partial charge in [-0.2, -0.15) is 5.10 Å². The Balaban J connectivity index is 1.49. The zero-order valence-electron chi connectivity index (χ0n) is 16.5. The Kier molecular flexibility index (Phi) is 5.07. The van der Waals surface area contributed by atoms with Crippen molar-refractivity contribution in [2.75, 3.05) is 0 Å². The molecule has 148 valence electrons. The summed E-state index contributed by atoms with van der Waals surface area (Å²) in [5, 5.41) is 7.48. The van der Waals surface area contributed by atoms with Crippen molar-refractivity contribution < 1.29 is 4.79 Å². The van der Waals surface area contributed by atoms with Crippen LogP contribution in [0.4, 0.5) is 0 Å². The lowest BCUT2D eigenvalue weighted by molar-refractivity contribution is -0.122. The smallest absolute Gasteiger partial charge is 0.329 e. The first kappa shape index (κ1) is 18.5. The van der Waals surface area contributed by atoms with E-state index in [1.807, 2.05) is 42.2 Å². The van der Waals surface area contributed by atoms with Crippen molar-refractivity contribution in [3.63, 3.8) is 0 Å². The topological polar surface area (TPSA) is 73.8 Å². The Morgan fingerprint density at radius 2 is 1.93 bits per heavy atom. The summed E-state index contributed by atoms with van der Waals surface area (Å²) in [6.07, 6.45) is 6.02. The second kappa shape index (κ2) is 7.66. The van der Waals surface area contributed by atoms with Gasteiger partial charge in [-0.05, 0) is 37.8 Å². The summed E-state index contributed by atoms with van der Waals surface area (Å²) in [7, 11) is 1.95. The van der Waals surface area contributed by atoms with Crippen molar-refractivity contribution in [2.24, 2.45) is 7.05 Å². The van der Waals surface area contributed by atoms with E-state index in [1.165, 1.54) is 5.69 Å². The molecule has 2 aromatic heterocycles. The Morgan fingerprint density at radius 1 is 1.21 bits per heavy atom. The van der Waals surface area contributed by atoms with Crippen molar-refractivity contribution in [3.8, 4) is 0 Å². The Morgan fingerprint density at radius 3 is 2.64 bits per heavy atom. The summed E-state index contributed by atoms with van der Waals surface area (Å²) < 4.78 is 5.42. The largest absolute Gasteiger partial charge is 0.349 e. The number of carbonyl (C=O) groups is 1. The molecule has 7 heteroatoms. The minimum Gasteiger partial charge on any atom is -0.349 e. The predicted molar refractivity (Wildman–Crippen MR) is 108 cm³/mol. The molecular formula is C21H27N5O2. The number of fused-ring (bicyclic) bond motifs is 2. The molecule has 0 saturated carbocycles. The van der Waals surface area contributed by atoms with E-state index in [9.17, 15) is 9.59 Å². The number of hydrogen-bond donors (Lipinski definition) is 1. The van der Waals surface area contributed by atoms with Crippen LogP contribution < -0.4 is 11.0 Å². The number of nitrogens with one attached hydrogen (secondary N) is 1. The van der Waals surface area contributed by atoms with Crippen molar-refractivity contribution in [1.29, 1.82) is 0 Å². The first-order valence-electron chi connectivity index (χ1n) is 10.1. The third-order valence-electron chi connectivity index (χ3n) is 5.65. The highest BCUT2D eigenvalue weighted by Crippen LogP contribution is 2.29. The van der Waals surface area contributed by atoms with E-state index in [4.69, 9.17) is 0 Å². The molecule has 7 nitrogen and oxygen atoms in total. The maximum Gasteiger partial charge on any atom is 0.329 e. The first-order chi connectivity index (χ1) is 13.6. The number of para-hydroxylation sites is 2. The Labute approximate surface area is 164 Å². The van der Waals surface area contributed by atoms with Gasteiger partial charge in [-0.3, -0.25) is 18.6 Å². The predicted octanol–water partition coefficient (Wildman–Crippen LogP) is 2.53. The van der Waals surface area contributed by atoms with Crippen LogP contribution in [0.25, 0.3) is 11.0 Å². The lowest BCUT2D eigenvalue weighted by Crippen LogP contribution is -2.32. The van der Waals surface area contributed by atoms with E-state index in [0.717, 1.165) is 42.3 Å². The van der Waals surface area contributed by atoms with Gasteiger partial charge >= 0.3 is 5.69 Å². The molecule has 1 aromatic carbocycles. The number of aryl methyl sites for hydroxylation is 3. The van der Waals surface area contributed by atoms with Crippen molar-refractivity contribution >= 4 is 16.9 Å². The first-order valence-corrected chi connectivity index (χ1v) is 10.1. The van der Waals surface area contributed by atoms with Crippen LogP contribution in [0.15, 0.2) is 35.3 Å². The number of imidazole rings is 1. The molecule has 1 aliphatic rings. The molecule has 28 heavy (non-hydrogen) atoms. The van der Waals surface area contributed by atoms with Gasteiger partial charge < -0.3 is 5.32 Å². The van der Waals surface area contributed by atoms with Crippen molar-refractivity contribution in [2.45, 2.75) is 58.2 Å². The second-order valence-corrected chi connectivity index (χ2v) is 7.51. The fraction of sp³-hybridized carbons (Fsp3) is 0.476. The van der Waals surface area contributed by atoms with Gasteiger partial charge in [-0.15, -0.1) is 0 Å². The number of amides is 1. The minimum absolute atomic E-state index is 0.0168. The summed E-state index contributed by atoms with van der Waals surface area (Å²) in [6, 6.07) is 7.81. The summed E-state index contributed by atoms with van der Waals surface area (Å²) in [5.74, 6) is -0.0269. The van der Waals surface area contributed by atoms with Gasteiger partial charge in [0.05, 0.1) is 23.3 Å². The monoisotopic (exact) mass is 381 g/mol. The number of nitrogens with zero attached hydrogens (tertiary/aromatic N) is 4. The van der Waals surface area contributed by atoms with Crippen molar-refractivity contribution in [1.82, 2.24) is 24.2 Å². The minimum atomic E-state index is -0.0388. The van der Waals surface area contributed by atoms with Crippen LogP contribution in [0.2, 0.25) is 0 Å². The molecule has 1 amide bonds. The van der Waals surface area contributed by atoms with E-state index in [1.54, 1.807) is 9.13 Å². The summed E-state index contributed by atoms with van der Waals surface area (Å²) in [6.45, 7) is 3.13. The molecule has 0 spiro atoms. The molecule has 1 atom stereocenters. The third kappa shape index (κ3) is 3.25. The summed E-state index contributed by atoms with van der Waals surface area (Å²) in [5.41, 5.74) is 4.11. The molecule has 1 aliphatic carbocycles. The molecule has 1 unspecified atom stereocenters. The third-order valence-corrected chi connectivity index (χ3v) is 5.65. The van der Waals surface area contributed by atoms with Crippen LogP contribution in [0.5, 0.6) is 0 Å². The van der Waals surface area contributed by atoms with E-state index >= 15 is 0 Å². The van der Waals surface area contributed by atoms with Crippen molar-refractivity contribution in [3.05, 3.63) is 52.2 Å². The van der Waals surface area contributed by atoms with E-state index in [0.29, 0.717) is 13.1 Å². The van der Waals surface area contributed by atoms with Crippen LogP contribution in [-0.2, 0) is 31.4 Å². The van der Waals surface area contributed by atoms with Gasteiger partial charge in [0, 0.05) is 37.8 Å². The highest BCUT2D eigenvalue weighted by atomic mass is 16.2. The highest BCUT2D eigenvalue weighted by molar-refractivity contribution is 5.78. The van der Waals surface area contributed by atoms with Gasteiger partial charge in [0.1, 0.15) is 0 Å². The van der Waals surface area contributed by atoms with Gasteiger partial charge in [0.15, 0.2) is 0 Å². The normalized spacial score (nSPS) is 16.3. The summed E-state index contributed by atoms with van der Waals surface area (Å²) >= 11 is 0. The average Bonchev–Trinajstić information content (AvgIpc) is 3.20. The molecule has 0 bridgehead atoms. The quantitative estimate of drug-likeness (QED) is 0.713. The van der Waals surface area contributed by atoms with Gasteiger partial charge in [-0.1, -0.05) is 19.1 Å². The van der Waals surface area contributed by atoms with Crippen LogP contribution in [0, 0.1) is 0 Å². The molecule has 0 radical (unpaired) electrons. The van der Waals surface area contributed by atoms with Crippen LogP contribution in [0.1, 0.15) is 49.9 Å². The molecule has 4 rings (SSSR count). The van der Waals surface area contributed by atoms with E-state index in [2.05, 4.69) is 17.3 Å². The zero-order chi connectivity index (χ0) is 19.7. The second-order valence-electron chi connectivity index (χ2n) is 7.51. The Hall–Kier alpha value is -2.83. The molecular weight excluding hydrogens is 354 g/mol. The van der Waals surface area contributed by atoms with Crippen LogP contribution >= 0.6 is 0 Å². The fourth-order valence-electron chi connectivity index (χ4n) is 4.26. The molecule has 3 aromatic rings. The maximum absolute atomic E-state index is 12.8. The molecule has 0 saturated heterocycles. The molecule has 1 N–H and O–H groups in total. The Bertz CT molecular complexity index is 1060. The number of benzene rings is 1. The van der Waals surface area contributed by atoms with Gasteiger partial charge in [0.25, 0.3) is 0 Å². The zero-order valence-corrected chi connectivity index (χ0v) is 16.5. The number of carbonyl (C=O) groups excluding carboxylic acids is 1. The number of hydrogen-bond acceptors (Lipinski definition) is 3. The van der Waals surface area contributed by atoms with Crippen LogP contribution in [-0.4, -0.2) is 24.8 Å². The van der Waals surface area contributed by atoms with Gasteiger partial charge in [-0.25, -0.2) is 4.79 Å². The molecule has 0 aliphatic heterocycles. The van der Waals surface area contributed by atoms with Gasteiger partial charge in [0.2, 0.25) is 5.91 Å². The maximum atomic E-state index is 12.8. The average molecular weight is 381 g/mol. The lowest BCUT2D eigenvalue weighted by atomic mass is 9.93. The standard InChI is InChI=1S/C21H27N5O2/c1-3-12-25-18-8-4-5-9-19(18)26(21(25)28)13-11-20(27)23-16-7-6-10-17-15(16)14-22-24(17)2/h4-5,8-9,14,16H,3,6-7,10-13H2,1-2H3,(H,23,27). The van der Waals surface area contributed by atoms with E-state index in [-0.39, 0.29) is 24.1 Å². The fourth-order valence-corrected chi connectivity index (χ4v) is 4.26. The summed E-state index contributed by atoms with van der Waals surface area (Å²) in [4.78, 5) is 25.5. The number of rotatable bonds is 6. The lowest BCUT2D eigenvalue weighted by Gasteiger charge is -2.23. The number of aromatic nitrogens is 4. The van der Waals surface area contributed by atoms with Crippen LogP contribution in [0.3, 0.4) is 0 Å².